The fourth-order valence-corrected chi connectivity index (χ4v) is 1.29. The second kappa shape index (κ2) is 11.3. The minimum absolute atomic E-state index is 0. The van der Waals surface area contributed by atoms with Gasteiger partial charge in [0.1, 0.15) is 0 Å². The maximum atomic E-state index is 5.73. The van der Waals surface area contributed by atoms with Gasteiger partial charge in [-0.25, -0.2) is 0 Å². The number of ether oxygens (including phenoxy) is 1. The lowest BCUT2D eigenvalue weighted by molar-refractivity contribution is 0.139. The first-order valence-electron chi connectivity index (χ1n) is 6.02. The van der Waals surface area contributed by atoms with E-state index in [0.717, 1.165) is 25.1 Å². The summed E-state index contributed by atoms with van der Waals surface area (Å²) in [6, 6.07) is 9.74. The molecule has 3 N–H and O–H groups in total. The highest BCUT2D eigenvalue weighted by molar-refractivity contribution is 14.0. The molecule has 0 aliphatic carbocycles. The Morgan fingerprint density at radius 1 is 1.28 bits per heavy atom. The van der Waals surface area contributed by atoms with Crippen molar-refractivity contribution < 1.29 is 4.74 Å². The summed E-state index contributed by atoms with van der Waals surface area (Å²) < 4.78 is 5.38. The molecule has 0 atom stereocenters. The molecule has 0 saturated carbocycles. The predicted octanol–water partition coefficient (Wildman–Crippen LogP) is 2.85. The summed E-state index contributed by atoms with van der Waals surface area (Å²) in [6.07, 6.45) is 2.25. The van der Waals surface area contributed by atoms with Crippen LogP contribution in [-0.4, -0.2) is 25.7 Å². The van der Waals surface area contributed by atoms with Crippen molar-refractivity contribution in [2.45, 2.75) is 19.8 Å². The molecular weight excluding hydrogens is 341 g/mol. The van der Waals surface area contributed by atoms with Crippen LogP contribution in [0.2, 0.25) is 0 Å². The van der Waals surface area contributed by atoms with Gasteiger partial charge in [-0.1, -0.05) is 31.5 Å². The quantitative estimate of drug-likeness (QED) is 0.339. The fraction of sp³-hybridized carbons (Fsp3) is 0.462. The van der Waals surface area contributed by atoms with E-state index >= 15 is 0 Å². The number of hydrogen-bond acceptors (Lipinski definition) is 2. The van der Waals surface area contributed by atoms with Gasteiger partial charge in [0.25, 0.3) is 0 Å². The Bertz CT molecular complexity index is 330. The van der Waals surface area contributed by atoms with Crippen molar-refractivity contribution in [3.8, 4) is 0 Å². The molecule has 4 nitrogen and oxygen atoms in total. The van der Waals surface area contributed by atoms with Crippen LogP contribution in [0.25, 0.3) is 0 Å². The van der Waals surface area contributed by atoms with Crippen molar-refractivity contribution in [2.24, 2.45) is 10.7 Å². The van der Waals surface area contributed by atoms with Gasteiger partial charge >= 0.3 is 0 Å². The Kier molecular flexibility index (Phi) is 10.8. The number of benzene rings is 1. The van der Waals surface area contributed by atoms with Gasteiger partial charge in [0.15, 0.2) is 5.96 Å². The van der Waals surface area contributed by atoms with Gasteiger partial charge in [-0.2, -0.15) is 0 Å². The van der Waals surface area contributed by atoms with Gasteiger partial charge in [-0.3, -0.25) is 4.99 Å². The average Bonchev–Trinajstić information content (AvgIpc) is 2.35. The minimum Gasteiger partial charge on any atom is -0.380 e. The van der Waals surface area contributed by atoms with E-state index in [4.69, 9.17) is 10.5 Å². The molecule has 1 rings (SSSR count). The van der Waals surface area contributed by atoms with E-state index in [9.17, 15) is 0 Å². The molecule has 0 aromatic heterocycles. The van der Waals surface area contributed by atoms with Crippen molar-refractivity contribution in [1.82, 2.24) is 0 Å². The van der Waals surface area contributed by atoms with Gasteiger partial charge in [-0.05, 0) is 18.6 Å². The highest BCUT2D eigenvalue weighted by atomic mass is 127. The van der Waals surface area contributed by atoms with Crippen LogP contribution in [0.5, 0.6) is 0 Å². The molecule has 102 valence electrons. The number of anilines is 1. The molecule has 0 unspecified atom stereocenters. The van der Waals surface area contributed by atoms with E-state index < -0.39 is 0 Å². The second-order valence-corrected chi connectivity index (χ2v) is 3.72. The predicted molar refractivity (Wildman–Crippen MR) is 87.7 cm³/mol. The van der Waals surface area contributed by atoms with Crippen LogP contribution >= 0.6 is 24.0 Å². The Balaban J connectivity index is 0.00000289. The molecule has 0 spiro atoms. The first-order chi connectivity index (χ1) is 8.33. The molecule has 0 saturated heterocycles. The second-order valence-electron chi connectivity index (χ2n) is 3.72. The maximum absolute atomic E-state index is 5.73. The lowest BCUT2D eigenvalue weighted by Gasteiger charge is -2.05. The topological polar surface area (TPSA) is 59.6 Å². The molecule has 0 aliphatic heterocycles. The molecule has 0 radical (unpaired) electrons. The highest BCUT2D eigenvalue weighted by Crippen LogP contribution is 2.03. The Labute approximate surface area is 126 Å². The van der Waals surface area contributed by atoms with E-state index in [1.165, 1.54) is 0 Å². The zero-order chi connectivity index (χ0) is 12.3. The Morgan fingerprint density at radius 2 is 2.00 bits per heavy atom. The zero-order valence-electron chi connectivity index (χ0n) is 10.8. The lowest BCUT2D eigenvalue weighted by Crippen LogP contribution is -2.23. The smallest absolute Gasteiger partial charge is 0.193 e. The highest BCUT2D eigenvalue weighted by Gasteiger charge is 1.93. The minimum atomic E-state index is 0. The standard InChI is InChI=1S/C13H21N3O.HI/c1-2-3-10-17-11-9-15-13(14)16-12-7-5-4-6-8-12;/h4-8H,2-3,9-11H2,1H3,(H3,14,15,16);1H. The third-order valence-electron chi connectivity index (χ3n) is 2.21. The van der Waals surface area contributed by atoms with Gasteiger partial charge in [0.05, 0.1) is 13.2 Å². The molecule has 18 heavy (non-hydrogen) atoms. The monoisotopic (exact) mass is 363 g/mol. The van der Waals surface area contributed by atoms with Crippen LogP contribution in [0.4, 0.5) is 5.69 Å². The number of halogens is 1. The largest absolute Gasteiger partial charge is 0.380 e. The summed E-state index contributed by atoms with van der Waals surface area (Å²) in [4.78, 5) is 4.18. The van der Waals surface area contributed by atoms with Crippen molar-refractivity contribution in [2.75, 3.05) is 25.1 Å². The molecule has 0 aliphatic rings. The number of nitrogens with zero attached hydrogens (tertiary/aromatic N) is 1. The van der Waals surface area contributed by atoms with Gasteiger partial charge < -0.3 is 15.8 Å². The molecule has 1 aromatic rings. The third kappa shape index (κ3) is 8.30. The molecular formula is C13H22IN3O. The van der Waals surface area contributed by atoms with Gasteiger partial charge in [0, 0.05) is 12.3 Å². The number of rotatable bonds is 7. The number of unbranched alkanes of at least 4 members (excludes halogenated alkanes) is 1. The number of nitrogens with one attached hydrogen (secondary N) is 1. The zero-order valence-corrected chi connectivity index (χ0v) is 13.1. The van der Waals surface area contributed by atoms with E-state index in [-0.39, 0.29) is 24.0 Å². The third-order valence-corrected chi connectivity index (χ3v) is 2.21. The van der Waals surface area contributed by atoms with Crippen LogP contribution < -0.4 is 11.1 Å². The van der Waals surface area contributed by atoms with Crippen molar-refractivity contribution in [3.05, 3.63) is 30.3 Å². The summed E-state index contributed by atoms with van der Waals surface area (Å²) in [5, 5.41) is 3.02. The number of guanidine groups is 1. The number of aliphatic imine (C=N–C) groups is 1. The van der Waals surface area contributed by atoms with Crippen molar-refractivity contribution in [3.63, 3.8) is 0 Å². The number of para-hydroxylation sites is 1. The maximum Gasteiger partial charge on any atom is 0.193 e. The fourth-order valence-electron chi connectivity index (χ4n) is 1.29. The summed E-state index contributed by atoms with van der Waals surface area (Å²) >= 11 is 0. The normalized spacial score (nSPS) is 10.8. The van der Waals surface area contributed by atoms with Crippen LogP contribution in [0.3, 0.4) is 0 Å². The van der Waals surface area contributed by atoms with E-state index in [1.54, 1.807) is 0 Å². The average molecular weight is 363 g/mol. The van der Waals surface area contributed by atoms with Gasteiger partial charge in [-0.15, -0.1) is 24.0 Å². The van der Waals surface area contributed by atoms with E-state index in [0.29, 0.717) is 19.1 Å². The molecule has 0 fully saturated rings. The van der Waals surface area contributed by atoms with Crippen molar-refractivity contribution in [1.29, 1.82) is 0 Å². The van der Waals surface area contributed by atoms with E-state index in [2.05, 4.69) is 17.2 Å². The Morgan fingerprint density at radius 3 is 2.67 bits per heavy atom. The molecule has 0 bridgehead atoms. The first kappa shape index (κ1) is 17.2. The van der Waals surface area contributed by atoms with Crippen LogP contribution in [0, 0.1) is 0 Å². The Hall–Kier alpha value is -0.820. The molecule has 0 amide bonds. The summed E-state index contributed by atoms with van der Waals surface area (Å²) in [7, 11) is 0. The lowest BCUT2D eigenvalue weighted by atomic mass is 10.3. The van der Waals surface area contributed by atoms with Gasteiger partial charge in [0.2, 0.25) is 0 Å². The van der Waals surface area contributed by atoms with E-state index in [1.807, 2.05) is 30.3 Å². The molecule has 1 aromatic carbocycles. The summed E-state index contributed by atoms with van der Waals surface area (Å²) in [5.41, 5.74) is 6.68. The SMILES string of the molecule is CCCCOCCN=C(N)Nc1ccccc1.I. The number of nitrogens with two attached hydrogens (primary N) is 1. The molecule has 0 heterocycles. The van der Waals surface area contributed by atoms with Crippen LogP contribution in [-0.2, 0) is 4.74 Å². The van der Waals surface area contributed by atoms with Crippen molar-refractivity contribution >= 4 is 35.6 Å². The molecule has 5 heteroatoms. The summed E-state index contributed by atoms with van der Waals surface area (Å²) in [6.45, 7) is 4.16. The van der Waals surface area contributed by atoms with Crippen LogP contribution in [0.15, 0.2) is 35.3 Å². The summed E-state index contributed by atoms with van der Waals surface area (Å²) in [5.74, 6) is 0.426. The number of hydrogen-bond donors (Lipinski definition) is 2. The van der Waals surface area contributed by atoms with Crippen LogP contribution in [0.1, 0.15) is 19.8 Å². The first-order valence-corrected chi connectivity index (χ1v) is 6.02.